The molecule has 0 radical (unpaired) electrons. The van der Waals surface area contributed by atoms with Crippen LogP contribution >= 0.6 is 0 Å². The molecule has 2 N–H and O–H groups in total. The molecule has 0 spiro atoms. The first-order valence-corrected chi connectivity index (χ1v) is 5.46. The lowest BCUT2D eigenvalue weighted by molar-refractivity contribution is -0.00000573. The van der Waals surface area contributed by atoms with Gasteiger partial charge in [-0.15, -0.1) is 0 Å². The predicted molar refractivity (Wildman–Crippen MR) is 62.9 cm³/mol. The lowest BCUT2D eigenvalue weighted by atomic mass is 10.2. The van der Waals surface area contributed by atoms with Crippen LogP contribution < -0.4 is 17.7 Å². The summed E-state index contributed by atoms with van der Waals surface area (Å²) in [5.41, 5.74) is 0.847. The highest BCUT2D eigenvalue weighted by Gasteiger charge is 2.04. The molecule has 1 aromatic heterocycles. The second kappa shape index (κ2) is 7.16. The Bertz CT molecular complexity index is 470. The predicted octanol–water partition coefficient (Wildman–Crippen LogP) is -0.828. The third-order valence-corrected chi connectivity index (χ3v) is 2.38. The molecule has 1 aromatic carbocycles. The van der Waals surface area contributed by atoms with Crippen LogP contribution in [-0.2, 0) is 6.54 Å². The Hall–Kier alpha value is -1.36. The lowest BCUT2D eigenvalue weighted by Crippen LogP contribution is -3.00. The topological polar surface area (TPSA) is 45.4 Å². The molecule has 0 fully saturated rings. The fourth-order valence-electron chi connectivity index (χ4n) is 1.53. The van der Waals surface area contributed by atoms with Gasteiger partial charge in [0.25, 0.3) is 0 Å². The van der Waals surface area contributed by atoms with Gasteiger partial charge in [0.1, 0.15) is 17.3 Å². The maximum absolute atomic E-state index is 12.7. The van der Waals surface area contributed by atoms with Crippen molar-refractivity contribution in [1.29, 1.82) is 0 Å². The lowest BCUT2D eigenvalue weighted by Gasteiger charge is -1.99. The van der Waals surface area contributed by atoms with Gasteiger partial charge in [0.2, 0.25) is 0 Å². The van der Waals surface area contributed by atoms with E-state index in [9.17, 15) is 4.39 Å². The minimum absolute atomic E-state index is 0. The number of hydrogen-bond donors (Lipinski definition) is 2. The maximum Gasteiger partial charge on any atom is 0.134 e. The zero-order chi connectivity index (χ0) is 12.1. The summed E-state index contributed by atoms with van der Waals surface area (Å²) < 4.78 is 18.3. The Balaban J connectivity index is 0.00000162. The van der Waals surface area contributed by atoms with E-state index < -0.39 is 0 Å². The number of hydrogen-bond acceptors (Lipinski definition) is 3. The average molecular weight is 271 g/mol. The van der Waals surface area contributed by atoms with E-state index in [4.69, 9.17) is 9.52 Å². The van der Waals surface area contributed by atoms with Gasteiger partial charge < -0.3 is 27.2 Å². The summed E-state index contributed by atoms with van der Waals surface area (Å²) in [6, 6.07) is 9.88. The molecule has 0 atom stereocenters. The number of rotatable bonds is 5. The molecule has 0 saturated carbocycles. The van der Waals surface area contributed by atoms with Crippen LogP contribution in [0, 0.1) is 5.82 Å². The molecule has 18 heavy (non-hydrogen) atoms. The van der Waals surface area contributed by atoms with Crippen LogP contribution in [0.4, 0.5) is 4.39 Å². The highest BCUT2D eigenvalue weighted by molar-refractivity contribution is 5.57. The van der Waals surface area contributed by atoms with Gasteiger partial charge >= 0.3 is 0 Å². The minimum atomic E-state index is -0.259. The number of benzene rings is 1. The van der Waals surface area contributed by atoms with Crippen molar-refractivity contribution in [1.82, 2.24) is 5.32 Å². The molecular weight excluding hydrogens is 257 g/mol. The van der Waals surface area contributed by atoms with Crippen molar-refractivity contribution in [3.8, 4) is 11.3 Å². The Morgan fingerprint density at radius 2 is 1.83 bits per heavy atom. The van der Waals surface area contributed by atoms with E-state index in [-0.39, 0.29) is 24.8 Å². The standard InChI is InChI=1S/C13H14FNO2.ClH/c14-11-3-1-10(2-4-11)13-6-5-12(17-13)9-15-7-8-16;/h1-6,15-16H,7-9H2;1H/p-1. The average Bonchev–Trinajstić information content (AvgIpc) is 2.79. The third-order valence-electron chi connectivity index (χ3n) is 2.38. The molecular formula is C13H14ClFNO2-. The number of aliphatic hydroxyl groups is 1. The summed E-state index contributed by atoms with van der Waals surface area (Å²) in [6.07, 6.45) is 0. The summed E-state index contributed by atoms with van der Waals surface area (Å²) >= 11 is 0. The fraction of sp³-hybridized carbons (Fsp3) is 0.231. The van der Waals surface area contributed by atoms with Crippen LogP contribution in [-0.4, -0.2) is 18.3 Å². The largest absolute Gasteiger partial charge is 1.00 e. The van der Waals surface area contributed by atoms with E-state index >= 15 is 0 Å². The summed E-state index contributed by atoms with van der Waals surface area (Å²) in [5.74, 6) is 1.24. The van der Waals surface area contributed by atoms with Crippen molar-refractivity contribution in [3.05, 3.63) is 48.0 Å². The number of furan rings is 1. The number of nitrogens with one attached hydrogen (secondary N) is 1. The smallest absolute Gasteiger partial charge is 0.134 e. The van der Waals surface area contributed by atoms with E-state index in [1.807, 2.05) is 12.1 Å². The van der Waals surface area contributed by atoms with Crippen molar-refractivity contribution in [2.75, 3.05) is 13.2 Å². The molecule has 0 unspecified atom stereocenters. The zero-order valence-corrected chi connectivity index (χ0v) is 10.5. The highest BCUT2D eigenvalue weighted by Crippen LogP contribution is 2.22. The van der Waals surface area contributed by atoms with E-state index in [0.29, 0.717) is 18.8 Å². The van der Waals surface area contributed by atoms with Crippen LogP contribution in [0.3, 0.4) is 0 Å². The van der Waals surface area contributed by atoms with Gasteiger partial charge in [-0.05, 0) is 36.4 Å². The first kappa shape index (κ1) is 14.7. The molecule has 2 aromatic rings. The van der Waals surface area contributed by atoms with Crippen LogP contribution in [0.5, 0.6) is 0 Å². The van der Waals surface area contributed by atoms with Crippen LogP contribution in [0.2, 0.25) is 0 Å². The molecule has 0 aliphatic heterocycles. The van der Waals surface area contributed by atoms with Gasteiger partial charge in [-0.2, -0.15) is 0 Å². The monoisotopic (exact) mass is 270 g/mol. The van der Waals surface area contributed by atoms with E-state index in [2.05, 4.69) is 5.32 Å². The van der Waals surface area contributed by atoms with Crippen molar-refractivity contribution in [2.24, 2.45) is 0 Å². The Kier molecular flexibility index (Phi) is 5.85. The third kappa shape index (κ3) is 3.84. The molecule has 1 heterocycles. The number of aliphatic hydroxyl groups excluding tert-OH is 1. The SMILES string of the molecule is OCCNCc1ccc(-c2ccc(F)cc2)o1.[Cl-]. The Morgan fingerprint density at radius 1 is 1.11 bits per heavy atom. The molecule has 0 aliphatic rings. The molecule has 2 rings (SSSR count). The van der Waals surface area contributed by atoms with Crippen molar-refractivity contribution in [3.63, 3.8) is 0 Å². The molecule has 0 bridgehead atoms. The zero-order valence-electron chi connectivity index (χ0n) is 9.70. The Morgan fingerprint density at radius 3 is 2.50 bits per heavy atom. The molecule has 0 saturated heterocycles. The highest BCUT2D eigenvalue weighted by atomic mass is 35.5. The quantitative estimate of drug-likeness (QED) is 0.698. The van der Waals surface area contributed by atoms with E-state index in [1.54, 1.807) is 12.1 Å². The maximum atomic E-state index is 12.7. The van der Waals surface area contributed by atoms with Crippen molar-refractivity contribution < 1.29 is 26.3 Å². The van der Waals surface area contributed by atoms with Gasteiger partial charge in [0, 0.05) is 12.1 Å². The summed E-state index contributed by atoms with van der Waals surface area (Å²) in [5, 5.41) is 11.6. The second-order valence-electron chi connectivity index (χ2n) is 3.67. The van der Waals surface area contributed by atoms with Gasteiger partial charge in [-0.3, -0.25) is 0 Å². The summed E-state index contributed by atoms with van der Waals surface area (Å²) in [6.45, 7) is 1.21. The number of halogens is 2. The minimum Gasteiger partial charge on any atom is -1.00 e. The summed E-state index contributed by atoms with van der Waals surface area (Å²) in [7, 11) is 0. The van der Waals surface area contributed by atoms with Crippen molar-refractivity contribution >= 4 is 0 Å². The van der Waals surface area contributed by atoms with Gasteiger partial charge in [-0.1, -0.05) is 0 Å². The first-order valence-electron chi connectivity index (χ1n) is 5.46. The summed E-state index contributed by atoms with van der Waals surface area (Å²) in [4.78, 5) is 0. The van der Waals surface area contributed by atoms with E-state index in [1.165, 1.54) is 12.1 Å². The van der Waals surface area contributed by atoms with Crippen molar-refractivity contribution in [2.45, 2.75) is 6.54 Å². The van der Waals surface area contributed by atoms with E-state index in [0.717, 1.165) is 11.3 Å². The van der Waals surface area contributed by atoms with Gasteiger partial charge in [0.05, 0.1) is 13.2 Å². The molecule has 5 heteroatoms. The molecule has 0 amide bonds. The fourth-order valence-corrected chi connectivity index (χ4v) is 1.53. The van der Waals surface area contributed by atoms with Crippen LogP contribution in [0.1, 0.15) is 5.76 Å². The van der Waals surface area contributed by atoms with Gasteiger partial charge in [-0.25, -0.2) is 4.39 Å². The van der Waals surface area contributed by atoms with Crippen LogP contribution in [0.15, 0.2) is 40.8 Å². The molecule has 98 valence electrons. The molecule has 0 aliphatic carbocycles. The second-order valence-corrected chi connectivity index (χ2v) is 3.67. The Labute approximate surface area is 111 Å². The van der Waals surface area contributed by atoms with Crippen LogP contribution in [0.25, 0.3) is 11.3 Å². The molecule has 3 nitrogen and oxygen atoms in total. The first-order chi connectivity index (χ1) is 8.29. The normalized spacial score (nSPS) is 10.1. The van der Waals surface area contributed by atoms with Gasteiger partial charge in [0.15, 0.2) is 0 Å².